The number of rotatable bonds is 8. The summed E-state index contributed by atoms with van der Waals surface area (Å²) in [6.07, 6.45) is 2.60. The van der Waals surface area contributed by atoms with E-state index in [2.05, 4.69) is 32.7 Å². The topological polar surface area (TPSA) is 87.4 Å². The van der Waals surface area contributed by atoms with E-state index in [0.717, 1.165) is 30.9 Å². The quantitative estimate of drug-likeness (QED) is 0.307. The third-order valence-electron chi connectivity index (χ3n) is 3.69. The Labute approximate surface area is 170 Å². The highest BCUT2D eigenvalue weighted by molar-refractivity contribution is 14.0. The fourth-order valence-electron chi connectivity index (χ4n) is 2.27. The van der Waals surface area contributed by atoms with Gasteiger partial charge in [0.05, 0.1) is 6.54 Å². The number of halogens is 1. The summed E-state index contributed by atoms with van der Waals surface area (Å²) >= 11 is 1.57. The third kappa shape index (κ3) is 6.55. The maximum absolute atomic E-state index is 10.6. The lowest BCUT2D eigenvalue weighted by Crippen LogP contribution is -2.40. The molecule has 0 bridgehead atoms. The second kappa shape index (κ2) is 10.7. The molecule has 0 aliphatic rings. The van der Waals surface area contributed by atoms with Crippen molar-refractivity contribution in [1.29, 1.82) is 0 Å². The zero-order chi connectivity index (χ0) is 17.4. The highest BCUT2D eigenvalue weighted by atomic mass is 127. The van der Waals surface area contributed by atoms with Crippen LogP contribution >= 0.6 is 35.3 Å². The van der Waals surface area contributed by atoms with Crippen LogP contribution in [0.1, 0.15) is 32.2 Å². The van der Waals surface area contributed by atoms with E-state index in [1.165, 1.54) is 0 Å². The van der Waals surface area contributed by atoms with Crippen molar-refractivity contribution in [2.75, 3.05) is 19.6 Å². The van der Waals surface area contributed by atoms with Crippen LogP contribution in [-0.2, 0) is 18.6 Å². The zero-order valence-electron chi connectivity index (χ0n) is 14.9. The highest BCUT2D eigenvalue weighted by Gasteiger charge is 2.23. The molecule has 0 aliphatic heterocycles. The SMILES string of the molecule is CCNC(=NCC(C)(O)c1ccsc1)NCCn1cnnc1CC.I. The molecule has 0 amide bonds. The van der Waals surface area contributed by atoms with Gasteiger partial charge in [0.15, 0.2) is 5.96 Å². The van der Waals surface area contributed by atoms with Crippen LogP contribution in [0.25, 0.3) is 0 Å². The second-order valence-corrected chi connectivity index (χ2v) is 6.48. The number of nitrogens with one attached hydrogen (secondary N) is 2. The molecule has 2 aromatic heterocycles. The number of aliphatic imine (C=N–C) groups is 1. The van der Waals surface area contributed by atoms with Crippen molar-refractivity contribution in [1.82, 2.24) is 25.4 Å². The van der Waals surface area contributed by atoms with Crippen molar-refractivity contribution in [2.45, 2.75) is 39.3 Å². The van der Waals surface area contributed by atoms with Gasteiger partial charge in [0, 0.05) is 26.1 Å². The first-order valence-corrected chi connectivity index (χ1v) is 9.15. The Hall–Kier alpha value is -1.20. The second-order valence-electron chi connectivity index (χ2n) is 5.70. The van der Waals surface area contributed by atoms with Crippen LogP contribution in [0.4, 0.5) is 0 Å². The molecule has 0 saturated carbocycles. The van der Waals surface area contributed by atoms with Crippen LogP contribution in [0.2, 0.25) is 0 Å². The predicted molar refractivity (Wildman–Crippen MR) is 113 cm³/mol. The minimum atomic E-state index is -0.966. The average Bonchev–Trinajstić information content (AvgIpc) is 3.24. The molecule has 140 valence electrons. The molecule has 0 radical (unpaired) electrons. The molecule has 0 aliphatic carbocycles. The van der Waals surface area contributed by atoms with Gasteiger partial charge in [-0.1, -0.05) is 6.92 Å². The van der Waals surface area contributed by atoms with Gasteiger partial charge in [0.1, 0.15) is 17.8 Å². The molecule has 3 N–H and O–H groups in total. The molecular formula is C16H27IN6OS. The number of guanidine groups is 1. The summed E-state index contributed by atoms with van der Waals surface area (Å²) in [6.45, 7) is 8.39. The molecule has 7 nitrogen and oxygen atoms in total. The number of thiophene rings is 1. The maximum atomic E-state index is 10.6. The van der Waals surface area contributed by atoms with Crippen LogP contribution in [0.5, 0.6) is 0 Å². The van der Waals surface area contributed by atoms with E-state index < -0.39 is 5.60 Å². The Kier molecular flexibility index (Phi) is 9.36. The van der Waals surface area contributed by atoms with Gasteiger partial charge in [-0.3, -0.25) is 0 Å². The Morgan fingerprint density at radius 2 is 2.20 bits per heavy atom. The lowest BCUT2D eigenvalue weighted by molar-refractivity contribution is 0.0677. The number of aliphatic hydroxyl groups is 1. The fraction of sp³-hybridized carbons (Fsp3) is 0.562. The summed E-state index contributed by atoms with van der Waals surface area (Å²) in [5.41, 5.74) is -0.0735. The maximum Gasteiger partial charge on any atom is 0.191 e. The first-order valence-electron chi connectivity index (χ1n) is 8.20. The Morgan fingerprint density at radius 3 is 2.84 bits per heavy atom. The molecule has 1 unspecified atom stereocenters. The Balaban J connectivity index is 0.00000312. The first-order chi connectivity index (χ1) is 11.6. The van der Waals surface area contributed by atoms with Crippen molar-refractivity contribution < 1.29 is 5.11 Å². The van der Waals surface area contributed by atoms with Crippen LogP contribution in [-0.4, -0.2) is 45.5 Å². The smallest absolute Gasteiger partial charge is 0.191 e. The number of aryl methyl sites for hydroxylation is 1. The van der Waals surface area contributed by atoms with E-state index >= 15 is 0 Å². The van der Waals surface area contributed by atoms with Crippen molar-refractivity contribution in [2.24, 2.45) is 4.99 Å². The monoisotopic (exact) mass is 478 g/mol. The number of aromatic nitrogens is 3. The van der Waals surface area contributed by atoms with E-state index in [0.29, 0.717) is 19.0 Å². The molecule has 2 heterocycles. The van der Waals surface area contributed by atoms with Gasteiger partial charge in [-0.05, 0) is 36.2 Å². The largest absolute Gasteiger partial charge is 0.383 e. The number of nitrogens with zero attached hydrogens (tertiary/aromatic N) is 4. The molecular weight excluding hydrogens is 451 g/mol. The molecule has 25 heavy (non-hydrogen) atoms. The van der Waals surface area contributed by atoms with Gasteiger partial charge in [-0.15, -0.1) is 34.2 Å². The van der Waals surface area contributed by atoms with Crippen LogP contribution < -0.4 is 10.6 Å². The fourth-order valence-corrected chi connectivity index (χ4v) is 3.05. The molecule has 0 spiro atoms. The lowest BCUT2D eigenvalue weighted by atomic mass is 10.00. The van der Waals surface area contributed by atoms with E-state index in [4.69, 9.17) is 0 Å². The Bertz CT molecular complexity index is 641. The molecule has 2 rings (SSSR count). The molecule has 2 aromatic rings. The number of hydrogen-bond donors (Lipinski definition) is 3. The van der Waals surface area contributed by atoms with Gasteiger partial charge in [-0.25, -0.2) is 4.99 Å². The van der Waals surface area contributed by atoms with Crippen molar-refractivity contribution >= 4 is 41.3 Å². The third-order valence-corrected chi connectivity index (χ3v) is 4.37. The summed E-state index contributed by atoms with van der Waals surface area (Å²) < 4.78 is 2.03. The van der Waals surface area contributed by atoms with Gasteiger partial charge < -0.3 is 20.3 Å². The Morgan fingerprint density at radius 1 is 1.40 bits per heavy atom. The molecule has 0 aromatic carbocycles. The van der Waals surface area contributed by atoms with Crippen LogP contribution in [0, 0.1) is 0 Å². The molecule has 0 saturated heterocycles. The summed E-state index contributed by atoms with van der Waals surface area (Å²) in [5, 5.41) is 29.0. The highest BCUT2D eigenvalue weighted by Crippen LogP contribution is 2.23. The van der Waals surface area contributed by atoms with E-state index in [1.807, 2.05) is 28.3 Å². The van der Waals surface area contributed by atoms with Crippen LogP contribution in [0.15, 0.2) is 28.1 Å². The summed E-state index contributed by atoms with van der Waals surface area (Å²) in [5.74, 6) is 1.67. The molecule has 1 atom stereocenters. The minimum Gasteiger partial charge on any atom is -0.383 e. The first kappa shape index (κ1) is 21.8. The van der Waals surface area contributed by atoms with Crippen LogP contribution in [0.3, 0.4) is 0 Å². The lowest BCUT2D eigenvalue weighted by Gasteiger charge is -2.21. The van der Waals surface area contributed by atoms with Gasteiger partial charge in [-0.2, -0.15) is 11.3 Å². The van der Waals surface area contributed by atoms with Gasteiger partial charge >= 0.3 is 0 Å². The van der Waals surface area contributed by atoms with Crippen molar-refractivity contribution in [3.63, 3.8) is 0 Å². The standard InChI is InChI=1S/C16H26N6OS.HI/c1-4-14-21-20-12-22(14)8-7-18-15(17-5-2)19-11-16(3,23)13-6-9-24-10-13;/h6,9-10,12,23H,4-5,7-8,11H2,1-3H3,(H2,17,18,19);1H. The van der Waals surface area contributed by atoms with E-state index in [9.17, 15) is 5.11 Å². The summed E-state index contributed by atoms with van der Waals surface area (Å²) in [6, 6.07) is 1.93. The van der Waals surface area contributed by atoms with Crippen molar-refractivity contribution in [3.05, 3.63) is 34.5 Å². The predicted octanol–water partition coefficient (Wildman–Crippen LogP) is 1.98. The van der Waals surface area contributed by atoms with E-state index in [-0.39, 0.29) is 24.0 Å². The van der Waals surface area contributed by atoms with Crippen molar-refractivity contribution in [3.8, 4) is 0 Å². The zero-order valence-corrected chi connectivity index (χ0v) is 18.0. The normalized spacial score (nSPS) is 13.8. The number of hydrogen-bond acceptors (Lipinski definition) is 5. The molecule has 9 heteroatoms. The summed E-state index contributed by atoms with van der Waals surface area (Å²) in [7, 11) is 0. The minimum absolute atomic E-state index is 0. The molecule has 0 fully saturated rings. The van der Waals surface area contributed by atoms with E-state index in [1.54, 1.807) is 24.6 Å². The van der Waals surface area contributed by atoms with Gasteiger partial charge in [0.25, 0.3) is 0 Å². The summed E-state index contributed by atoms with van der Waals surface area (Å²) in [4.78, 5) is 4.51. The average molecular weight is 478 g/mol. The van der Waals surface area contributed by atoms with Gasteiger partial charge in [0.2, 0.25) is 0 Å².